The van der Waals surface area contributed by atoms with Gasteiger partial charge in [0, 0.05) is 24.3 Å². The summed E-state index contributed by atoms with van der Waals surface area (Å²) in [6.07, 6.45) is 0. The lowest BCUT2D eigenvalue weighted by Gasteiger charge is -2.26. The number of ether oxygens (including phenoxy) is 3. The molecular weight excluding hydrogens is 376 g/mol. The summed E-state index contributed by atoms with van der Waals surface area (Å²) in [6, 6.07) is 6.93. The van der Waals surface area contributed by atoms with Gasteiger partial charge in [-0.05, 0) is 31.5 Å². The van der Waals surface area contributed by atoms with Gasteiger partial charge in [-0.1, -0.05) is 12.1 Å². The van der Waals surface area contributed by atoms with Gasteiger partial charge in [-0.25, -0.2) is 4.79 Å². The van der Waals surface area contributed by atoms with Crippen molar-refractivity contribution in [2.45, 2.75) is 13.8 Å². The Bertz CT molecular complexity index is 910. The van der Waals surface area contributed by atoms with Gasteiger partial charge in [-0.15, -0.1) is 0 Å². The van der Waals surface area contributed by atoms with Crippen molar-refractivity contribution in [1.82, 2.24) is 9.88 Å². The Morgan fingerprint density at radius 1 is 1.14 bits per heavy atom. The van der Waals surface area contributed by atoms with E-state index in [4.69, 9.17) is 14.2 Å². The number of nitrogens with one attached hydrogen (secondary N) is 1. The molecule has 0 bridgehead atoms. The van der Waals surface area contributed by atoms with E-state index in [9.17, 15) is 14.4 Å². The van der Waals surface area contributed by atoms with Crippen molar-refractivity contribution in [2.24, 2.45) is 0 Å². The Hall–Kier alpha value is -3.13. The van der Waals surface area contributed by atoms with Crippen LogP contribution in [0.5, 0.6) is 5.75 Å². The zero-order valence-corrected chi connectivity index (χ0v) is 16.7. The molecule has 154 valence electrons. The van der Waals surface area contributed by atoms with Crippen LogP contribution in [0.4, 0.5) is 0 Å². The zero-order chi connectivity index (χ0) is 21.0. The lowest BCUT2D eigenvalue weighted by Crippen LogP contribution is -2.44. The summed E-state index contributed by atoms with van der Waals surface area (Å²) in [6.45, 7) is 5.07. The maximum absolute atomic E-state index is 13.1. The molecule has 1 aromatic carbocycles. The Labute approximate surface area is 168 Å². The van der Waals surface area contributed by atoms with Crippen molar-refractivity contribution in [2.75, 3.05) is 40.0 Å². The van der Waals surface area contributed by atoms with Gasteiger partial charge < -0.3 is 24.1 Å². The van der Waals surface area contributed by atoms with Gasteiger partial charge in [0.1, 0.15) is 11.4 Å². The highest BCUT2D eigenvalue weighted by Gasteiger charge is 2.32. The Morgan fingerprint density at radius 2 is 1.79 bits per heavy atom. The van der Waals surface area contributed by atoms with E-state index in [-0.39, 0.29) is 17.9 Å². The van der Waals surface area contributed by atoms with Crippen molar-refractivity contribution in [3.63, 3.8) is 0 Å². The Balaban J connectivity index is 2.08. The van der Waals surface area contributed by atoms with E-state index in [2.05, 4.69) is 4.98 Å². The van der Waals surface area contributed by atoms with Crippen LogP contribution in [-0.4, -0.2) is 67.6 Å². The monoisotopic (exact) mass is 400 g/mol. The molecule has 29 heavy (non-hydrogen) atoms. The second-order valence-corrected chi connectivity index (χ2v) is 6.56. The highest BCUT2D eigenvalue weighted by molar-refractivity contribution is 6.43. The van der Waals surface area contributed by atoms with Crippen LogP contribution < -0.4 is 4.74 Å². The minimum atomic E-state index is -0.698. The highest BCUT2D eigenvalue weighted by Crippen LogP contribution is 2.33. The lowest BCUT2D eigenvalue weighted by molar-refractivity contribution is -0.130. The summed E-state index contributed by atoms with van der Waals surface area (Å²) < 4.78 is 15.6. The fraction of sp³-hybridized carbons (Fsp3) is 0.381. The first kappa shape index (κ1) is 20.6. The molecule has 2 aromatic rings. The molecule has 0 aliphatic carbocycles. The van der Waals surface area contributed by atoms with Crippen LogP contribution in [0.25, 0.3) is 11.1 Å². The molecule has 1 amide bonds. The summed E-state index contributed by atoms with van der Waals surface area (Å²) in [4.78, 5) is 42.8. The van der Waals surface area contributed by atoms with Crippen molar-refractivity contribution >= 4 is 17.7 Å². The van der Waals surface area contributed by atoms with Crippen LogP contribution in [0, 0.1) is 6.92 Å². The van der Waals surface area contributed by atoms with E-state index in [0.29, 0.717) is 48.9 Å². The summed E-state index contributed by atoms with van der Waals surface area (Å²) in [5.41, 5.74) is 1.75. The number of esters is 1. The normalized spacial score (nSPS) is 13.8. The fourth-order valence-corrected chi connectivity index (χ4v) is 3.32. The minimum Gasteiger partial charge on any atom is -0.497 e. The van der Waals surface area contributed by atoms with Crippen molar-refractivity contribution in [1.29, 1.82) is 0 Å². The third kappa shape index (κ3) is 4.17. The molecule has 1 saturated heterocycles. The number of aromatic amines is 1. The van der Waals surface area contributed by atoms with Crippen LogP contribution in [-0.2, 0) is 14.3 Å². The number of methoxy groups -OCH3 is 1. The van der Waals surface area contributed by atoms with E-state index in [1.54, 1.807) is 45.2 Å². The van der Waals surface area contributed by atoms with Crippen LogP contribution in [0.2, 0.25) is 0 Å². The topological polar surface area (TPSA) is 97.9 Å². The van der Waals surface area contributed by atoms with Crippen molar-refractivity contribution in [3.05, 3.63) is 41.2 Å². The molecule has 1 aromatic heterocycles. The molecule has 1 N–H and O–H groups in total. The number of ketones is 1. The number of nitrogens with zero attached hydrogens (tertiary/aromatic N) is 1. The van der Waals surface area contributed by atoms with Crippen LogP contribution in [0.3, 0.4) is 0 Å². The number of amides is 1. The molecule has 3 rings (SSSR count). The molecule has 0 radical (unpaired) electrons. The zero-order valence-electron chi connectivity index (χ0n) is 16.7. The van der Waals surface area contributed by atoms with Gasteiger partial charge >= 0.3 is 5.97 Å². The predicted molar refractivity (Wildman–Crippen MR) is 105 cm³/mol. The molecule has 8 heteroatoms. The number of hydrogen-bond acceptors (Lipinski definition) is 6. The Morgan fingerprint density at radius 3 is 2.38 bits per heavy atom. The minimum absolute atomic E-state index is 0.0761. The van der Waals surface area contributed by atoms with Gasteiger partial charge in [0.25, 0.3) is 11.7 Å². The Kier molecular flexibility index (Phi) is 6.33. The summed E-state index contributed by atoms with van der Waals surface area (Å²) in [7, 11) is 1.55. The van der Waals surface area contributed by atoms with Gasteiger partial charge in [0.05, 0.1) is 32.5 Å². The molecule has 0 unspecified atom stereocenters. The molecule has 0 spiro atoms. The second kappa shape index (κ2) is 8.91. The average Bonchev–Trinajstić information content (AvgIpc) is 3.10. The maximum atomic E-state index is 13.1. The van der Waals surface area contributed by atoms with Crippen molar-refractivity contribution in [3.8, 4) is 16.9 Å². The first-order chi connectivity index (χ1) is 14.0. The third-order valence-electron chi connectivity index (χ3n) is 4.77. The predicted octanol–water partition coefficient (Wildman–Crippen LogP) is 2.22. The molecule has 1 aliphatic rings. The lowest BCUT2D eigenvalue weighted by atomic mass is 9.98. The SMILES string of the molecule is CCOC(=O)c1c(C)[nH]c(C(=O)C(=O)N2CCOCC2)c1-c1ccc(OC)cc1. The number of aryl methyl sites for hydroxylation is 1. The number of benzene rings is 1. The van der Waals surface area contributed by atoms with Gasteiger partial charge in [0.2, 0.25) is 0 Å². The second-order valence-electron chi connectivity index (χ2n) is 6.56. The fourth-order valence-electron chi connectivity index (χ4n) is 3.32. The maximum Gasteiger partial charge on any atom is 0.340 e. The molecule has 2 heterocycles. The number of carbonyl (C=O) groups is 3. The smallest absolute Gasteiger partial charge is 0.340 e. The molecule has 0 atom stereocenters. The summed E-state index contributed by atoms with van der Waals surface area (Å²) in [5.74, 6) is -1.24. The van der Waals surface area contributed by atoms with Gasteiger partial charge in [0.15, 0.2) is 0 Å². The molecule has 1 fully saturated rings. The number of carbonyl (C=O) groups excluding carboxylic acids is 3. The largest absolute Gasteiger partial charge is 0.497 e. The van der Waals surface area contributed by atoms with E-state index >= 15 is 0 Å². The number of H-pyrrole nitrogens is 1. The molecular formula is C21H24N2O6. The van der Waals surface area contributed by atoms with Crippen molar-refractivity contribution < 1.29 is 28.6 Å². The third-order valence-corrected chi connectivity index (χ3v) is 4.77. The van der Waals surface area contributed by atoms with Gasteiger partial charge in [-0.3, -0.25) is 9.59 Å². The molecule has 1 aliphatic heterocycles. The first-order valence-electron chi connectivity index (χ1n) is 9.43. The van der Waals surface area contributed by atoms with E-state index in [1.165, 1.54) is 4.90 Å². The molecule has 8 nitrogen and oxygen atoms in total. The van der Waals surface area contributed by atoms with Crippen LogP contribution in [0.1, 0.15) is 33.5 Å². The van der Waals surface area contributed by atoms with Crippen LogP contribution >= 0.6 is 0 Å². The number of Topliss-reactive ketones (excluding diaryl/α,β-unsaturated/α-hetero) is 1. The van der Waals surface area contributed by atoms with Gasteiger partial charge in [-0.2, -0.15) is 0 Å². The van der Waals surface area contributed by atoms with E-state index in [1.807, 2.05) is 0 Å². The standard InChI is InChI=1S/C21H24N2O6/c1-4-29-21(26)16-13(2)22-18(17(16)14-5-7-15(27-3)8-6-14)19(24)20(25)23-9-11-28-12-10-23/h5-8,22H,4,9-12H2,1-3H3. The number of morpholine rings is 1. The summed E-state index contributed by atoms with van der Waals surface area (Å²) >= 11 is 0. The highest BCUT2D eigenvalue weighted by atomic mass is 16.5. The molecule has 0 saturated carbocycles. The average molecular weight is 400 g/mol. The number of hydrogen-bond donors (Lipinski definition) is 1. The van der Waals surface area contributed by atoms with Crippen LogP contribution in [0.15, 0.2) is 24.3 Å². The first-order valence-corrected chi connectivity index (χ1v) is 9.43. The van der Waals surface area contributed by atoms with E-state index < -0.39 is 17.7 Å². The number of rotatable bonds is 6. The number of aromatic nitrogens is 1. The van der Waals surface area contributed by atoms with E-state index in [0.717, 1.165) is 0 Å². The quantitative estimate of drug-likeness (QED) is 0.454. The summed E-state index contributed by atoms with van der Waals surface area (Å²) in [5, 5.41) is 0.